The molecule has 118 valence electrons. The summed E-state index contributed by atoms with van der Waals surface area (Å²) in [4.78, 5) is 5.94. The van der Waals surface area contributed by atoms with Crippen molar-refractivity contribution in [1.82, 2.24) is 4.98 Å². The van der Waals surface area contributed by atoms with Crippen LogP contribution in [-0.4, -0.2) is 18.2 Å². The van der Waals surface area contributed by atoms with Crippen molar-refractivity contribution < 1.29 is 4.74 Å². The lowest BCUT2D eigenvalue weighted by atomic mass is 9.98. The SMILES string of the molecule is c1ccc2cc(SNc3nc(C4CCOCC4)cs3)ccc2c1. The van der Waals surface area contributed by atoms with Crippen molar-refractivity contribution >= 4 is 39.2 Å². The lowest BCUT2D eigenvalue weighted by Crippen LogP contribution is -2.14. The van der Waals surface area contributed by atoms with Gasteiger partial charge in [0.1, 0.15) is 0 Å². The van der Waals surface area contributed by atoms with Gasteiger partial charge in [0.15, 0.2) is 5.13 Å². The van der Waals surface area contributed by atoms with Crippen LogP contribution >= 0.6 is 23.3 Å². The van der Waals surface area contributed by atoms with Crippen LogP contribution in [0.5, 0.6) is 0 Å². The van der Waals surface area contributed by atoms with Crippen LogP contribution < -0.4 is 4.72 Å². The first-order valence-corrected chi connectivity index (χ1v) is 9.53. The minimum atomic E-state index is 0.557. The third-order valence-corrected chi connectivity index (χ3v) is 5.83. The number of hydrogen-bond acceptors (Lipinski definition) is 5. The molecule has 3 aromatic rings. The lowest BCUT2D eigenvalue weighted by Gasteiger charge is -2.19. The van der Waals surface area contributed by atoms with Crippen LogP contribution in [0.2, 0.25) is 0 Å². The number of benzene rings is 2. The van der Waals surface area contributed by atoms with Gasteiger partial charge in [0.25, 0.3) is 0 Å². The molecule has 1 aromatic heterocycles. The van der Waals surface area contributed by atoms with Gasteiger partial charge in [-0.25, -0.2) is 4.98 Å². The normalized spacial score (nSPS) is 15.8. The first kappa shape index (κ1) is 15.0. The molecule has 23 heavy (non-hydrogen) atoms. The highest BCUT2D eigenvalue weighted by Crippen LogP contribution is 2.31. The van der Waals surface area contributed by atoms with Crippen molar-refractivity contribution in [1.29, 1.82) is 0 Å². The number of thiazole rings is 1. The maximum Gasteiger partial charge on any atom is 0.193 e. The Hall–Kier alpha value is -1.56. The summed E-state index contributed by atoms with van der Waals surface area (Å²) < 4.78 is 8.80. The zero-order valence-corrected chi connectivity index (χ0v) is 14.3. The van der Waals surface area contributed by atoms with Crippen LogP contribution in [0, 0.1) is 0 Å². The van der Waals surface area contributed by atoms with Crippen LogP contribution in [0.1, 0.15) is 24.5 Å². The lowest BCUT2D eigenvalue weighted by molar-refractivity contribution is 0.0846. The fraction of sp³-hybridized carbons (Fsp3) is 0.278. The van der Waals surface area contributed by atoms with E-state index >= 15 is 0 Å². The summed E-state index contributed by atoms with van der Waals surface area (Å²) in [5.74, 6) is 0.557. The van der Waals surface area contributed by atoms with Crippen molar-refractivity contribution in [3.05, 3.63) is 53.5 Å². The van der Waals surface area contributed by atoms with Gasteiger partial charge in [0.2, 0.25) is 0 Å². The first-order chi connectivity index (χ1) is 11.4. The van der Waals surface area contributed by atoms with E-state index < -0.39 is 0 Å². The Balaban J connectivity index is 1.42. The summed E-state index contributed by atoms with van der Waals surface area (Å²) in [6.45, 7) is 1.72. The fourth-order valence-electron chi connectivity index (χ4n) is 2.85. The summed E-state index contributed by atoms with van der Waals surface area (Å²) in [7, 11) is 0. The molecule has 0 bridgehead atoms. The van der Waals surface area contributed by atoms with Gasteiger partial charge in [-0.1, -0.05) is 30.3 Å². The second-order valence-electron chi connectivity index (χ2n) is 5.68. The maximum atomic E-state index is 5.42. The van der Waals surface area contributed by atoms with E-state index in [4.69, 9.17) is 9.72 Å². The third kappa shape index (κ3) is 3.52. The van der Waals surface area contributed by atoms with Gasteiger partial charge in [-0.05, 0) is 47.7 Å². The van der Waals surface area contributed by atoms with Gasteiger partial charge < -0.3 is 9.46 Å². The molecule has 0 spiro atoms. The largest absolute Gasteiger partial charge is 0.381 e. The highest BCUT2D eigenvalue weighted by Gasteiger charge is 2.18. The Kier molecular flexibility index (Phi) is 4.50. The number of nitrogens with zero attached hydrogens (tertiary/aromatic N) is 1. The third-order valence-electron chi connectivity index (χ3n) is 4.14. The van der Waals surface area contributed by atoms with E-state index in [1.54, 1.807) is 23.3 Å². The molecule has 1 aliphatic heterocycles. The Morgan fingerprint density at radius 2 is 1.91 bits per heavy atom. The number of hydrogen-bond donors (Lipinski definition) is 1. The number of aromatic nitrogens is 1. The summed E-state index contributed by atoms with van der Waals surface area (Å²) in [6.07, 6.45) is 2.17. The van der Waals surface area contributed by atoms with Crippen molar-refractivity contribution in [2.24, 2.45) is 0 Å². The van der Waals surface area contributed by atoms with E-state index in [1.165, 1.54) is 21.4 Å². The zero-order chi connectivity index (χ0) is 15.5. The summed E-state index contributed by atoms with van der Waals surface area (Å²) in [6, 6.07) is 14.9. The predicted octanol–water partition coefficient (Wildman–Crippen LogP) is 5.31. The van der Waals surface area contributed by atoms with Crippen LogP contribution in [0.25, 0.3) is 10.8 Å². The number of fused-ring (bicyclic) bond motifs is 1. The molecule has 1 saturated heterocycles. The standard InChI is InChI=1S/C18H18N2OS2/c1-2-4-15-11-16(6-5-13(15)3-1)23-20-18-19-17(12-22-18)14-7-9-21-10-8-14/h1-6,11-12,14H,7-10H2,(H,19,20). The molecule has 3 nitrogen and oxygen atoms in total. The van der Waals surface area contributed by atoms with Gasteiger partial charge in [-0.2, -0.15) is 0 Å². The molecule has 2 aromatic carbocycles. The summed E-state index contributed by atoms with van der Waals surface area (Å²) in [5, 5.41) is 5.69. The Morgan fingerprint density at radius 1 is 1.09 bits per heavy atom. The monoisotopic (exact) mass is 342 g/mol. The van der Waals surface area contributed by atoms with Crippen molar-refractivity contribution in [2.45, 2.75) is 23.7 Å². The Morgan fingerprint density at radius 3 is 2.78 bits per heavy atom. The average Bonchev–Trinajstić information content (AvgIpc) is 3.10. The molecule has 0 aliphatic carbocycles. The second kappa shape index (κ2) is 6.91. The number of ether oxygens (including phenoxy) is 1. The summed E-state index contributed by atoms with van der Waals surface area (Å²) >= 11 is 3.30. The van der Waals surface area contributed by atoms with E-state index in [2.05, 4.69) is 52.6 Å². The minimum absolute atomic E-state index is 0.557. The smallest absolute Gasteiger partial charge is 0.193 e. The molecule has 2 heterocycles. The molecule has 0 saturated carbocycles. The van der Waals surface area contributed by atoms with Crippen LogP contribution in [0.3, 0.4) is 0 Å². The predicted molar refractivity (Wildman–Crippen MR) is 98.3 cm³/mol. The quantitative estimate of drug-likeness (QED) is 0.652. The van der Waals surface area contributed by atoms with Crippen LogP contribution in [0.4, 0.5) is 5.13 Å². The van der Waals surface area contributed by atoms with Crippen molar-refractivity contribution in [3.63, 3.8) is 0 Å². The number of anilines is 1. The molecular weight excluding hydrogens is 324 g/mol. The molecule has 0 atom stereocenters. The topological polar surface area (TPSA) is 34.2 Å². The second-order valence-corrected chi connectivity index (χ2v) is 7.42. The van der Waals surface area contributed by atoms with E-state index in [9.17, 15) is 0 Å². The van der Waals surface area contributed by atoms with Gasteiger partial charge >= 0.3 is 0 Å². The molecule has 4 rings (SSSR count). The molecule has 0 amide bonds. The highest BCUT2D eigenvalue weighted by molar-refractivity contribution is 8.00. The average molecular weight is 342 g/mol. The molecule has 0 radical (unpaired) electrons. The van der Waals surface area contributed by atoms with Gasteiger partial charge in [0, 0.05) is 29.4 Å². The Labute approximate surface area is 144 Å². The van der Waals surface area contributed by atoms with Gasteiger partial charge in [-0.15, -0.1) is 11.3 Å². The fourth-order valence-corrected chi connectivity index (χ4v) is 4.37. The van der Waals surface area contributed by atoms with Gasteiger partial charge in [0.05, 0.1) is 5.69 Å². The molecule has 1 aliphatic rings. The number of nitrogens with one attached hydrogen (secondary N) is 1. The molecule has 0 unspecified atom stereocenters. The van der Waals surface area contributed by atoms with E-state index in [1.807, 2.05) is 0 Å². The van der Waals surface area contributed by atoms with E-state index in [-0.39, 0.29) is 0 Å². The minimum Gasteiger partial charge on any atom is -0.381 e. The molecular formula is C18H18N2OS2. The molecule has 1 N–H and O–H groups in total. The summed E-state index contributed by atoms with van der Waals surface area (Å²) in [5.41, 5.74) is 1.21. The first-order valence-electron chi connectivity index (χ1n) is 7.83. The Bertz CT molecular complexity index is 796. The van der Waals surface area contributed by atoms with E-state index in [0.29, 0.717) is 5.92 Å². The highest BCUT2D eigenvalue weighted by atomic mass is 32.2. The van der Waals surface area contributed by atoms with E-state index in [0.717, 1.165) is 31.2 Å². The van der Waals surface area contributed by atoms with Gasteiger partial charge in [-0.3, -0.25) is 0 Å². The maximum absolute atomic E-state index is 5.42. The van der Waals surface area contributed by atoms with Crippen LogP contribution in [-0.2, 0) is 4.74 Å². The van der Waals surface area contributed by atoms with Crippen molar-refractivity contribution in [2.75, 3.05) is 17.9 Å². The van der Waals surface area contributed by atoms with Crippen LogP contribution in [0.15, 0.2) is 52.7 Å². The van der Waals surface area contributed by atoms with Crippen molar-refractivity contribution in [3.8, 4) is 0 Å². The zero-order valence-electron chi connectivity index (χ0n) is 12.7. The number of rotatable bonds is 4. The molecule has 1 fully saturated rings. The molecule has 5 heteroatoms.